The minimum absolute atomic E-state index is 0.183. The van der Waals surface area contributed by atoms with Gasteiger partial charge in [0.05, 0.1) is 25.4 Å². The second-order valence-electron chi connectivity index (χ2n) is 15.8. The van der Waals surface area contributed by atoms with Crippen LogP contribution in [0.25, 0.3) is 0 Å². The van der Waals surface area contributed by atoms with Crippen molar-refractivity contribution in [1.29, 1.82) is 0 Å². The number of carbonyl (C=O) groups excluding carboxylic acids is 1. The van der Waals surface area contributed by atoms with Gasteiger partial charge in [-0.3, -0.25) is 4.79 Å². The molecule has 0 spiro atoms. The van der Waals surface area contributed by atoms with Crippen molar-refractivity contribution < 1.29 is 39.8 Å². The molecule has 1 amide bonds. The molecule has 1 aliphatic rings. The van der Waals surface area contributed by atoms with Crippen molar-refractivity contribution in [3.05, 3.63) is 36.5 Å². The highest BCUT2D eigenvalue weighted by molar-refractivity contribution is 5.76. The zero-order chi connectivity index (χ0) is 40.2. The molecule has 0 bridgehead atoms. The molecular weight excluding hydrogens is 695 g/mol. The summed E-state index contributed by atoms with van der Waals surface area (Å²) in [6, 6.07) is -0.802. The maximum Gasteiger partial charge on any atom is 0.220 e. The van der Waals surface area contributed by atoms with E-state index in [1.54, 1.807) is 6.08 Å². The molecule has 0 radical (unpaired) electrons. The first-order valence-electron chi connectivity index (χ1n) is 22.7. The van der Waals surface area contributed by atoms with Crippen LogP contribution in [0, 0.1) is 0 Å². The molecule has 6 N–H and O–H groups in total. The summed E-state index contributed by atoms with van der Waals surface area (Å²) < 4.78 is 11.2. The third kappa shape index (κ3) is 27.6. The van der Waals surface area contributed by atoms with E-state index in [1.165, 1.54) is 128 Å². The van der Waals surface area contributed by atoms with E-state index >= 15 is 0 Å². The first-order chi connectivity index (χ1) is 26.8. The van der Waals surface area contributed by atoms with Crippen LogP contribution in [0.1, 0.15) is 194 Å². The number of carbonyl (C=O) groups is 1. The number of rotatable bonds is 37. The molecule has 55 heavy (non-hydrogen) atoms. The van der Waals surface area contributed by atoms with E-state index < -0.39 is 49.5 Å². The quantitative estimate of drug-likeness (QED) is 0.0270. The summed E-state index contributed by atoms with van der Waals surface area (Å²) in [6.07, 6.45) is 37.7. The summed E-state index contributed by atoms with van der Waals surface area (Å²) in [5.74, 6) is -0.183. The Morgan fingerprint density at radius 1 is 0.618 bits per heavy atom. The smallest absolute Gasteiger partial charge is 0.220 e. The Hall–Kier alpha value is -1.59. The molecule has 0 saturated carbocycles. The summed E-state index contributed by atoms with van der Waals surface area (Å²) in [5.41, 5.74) is 0. The highest BCUT2D eigenvalue weighted by Crippen LogP contribution is 2.22. The number of allylic oxidation sites excluding steroid dienone is 5. The number of amides is 1. The summed E-state index contributed by atoms with van der Waals surface area (Å²) in [5, 5.41) is 54.0. The molecule has 7 atom stereocenters. The third-order valence-electron chi connectivity index (χ3n) is 10.7. The SMILES string of the molecule is CCCCCCC/C=C\C/C=C\CCCCCCCCCCCCCC(=O)NC(COC1OC(CO)C(O)C(O)C1O)C(O)/C=C/CCCCCCCCC. The zero-order valence-electron chi connectivity index (χ0n) is 35.2. The molecule has 1 aliphatic heterocycles. The van der Waals surface area contributed by atoms with E-state index in [0.717, 1.165) is 44.9 Å². The van der Waals surface area contributed by atoms with Gasteiger partial charge < -0.3 is 40.3 Å². The van der Waals surface area contributed by atoms with Crippen LogP contribution in [0.4, 0.5) is 0 Å². The van der Waals surface area contributed by atoms with Crippen LogP contribution >= 0.6 is 0 Å². The fourth-order valence-electron chi connectivity index (χ4n) is 7.01. The first kappa shape index (κ1) is 51.4. The Labute approximate surface area is 336 Å². The van der Waals surface area contributed by atoms with Gasteiger partial charge in [-0.1, -0.05) is 172 Å². The molecule has 0 aromatic carbocycles. The van der Waals surface area contributed by atoms with Crippen LogP contribution in [-0.4, -0.2) is 87.5 Å². The molecule has 0 aliphatic carbocycles. The Bertz CT molecular complexity index is 956. The van der Waals surface area contributed by atoms with Crippen LogP contribution in [0.5, 0.6) is 0 Å². The Morgan fingerprint density at radius 2 is 1.07 bits per heavy atom. The fraction of sp³-hybridized carbons (Fsp3) is 0.848. The van der Waals surface area contributed by atoms with Gasteiger partial charge in [0.25, 0.3) is 0 Å². The van der Waals surface area contributed by atoms with Gasteiger partial charge in [0.15, 0.2) is 6.29 Å². The Kier molecular flexibility index (Phi) is 34.3. The molecule has 0 aromatic rings. The fourth-order valence-corrected chi connectivity index (χ4v) is 7.01. The van der Waals surface area contributed by atoms with Crippen LogP contribution < -0.4 is 5.32 Å². The van der Waals surface area contributed by atoms with Crippen molar-refractivity contribution in [1.82, 2.24) is 5.32 Å². The number of hydrogen-bond acceptors (Lipinski definition) is 8. The second kappa shape index (κ2) is 36.7. The van der Waals surface area contributed by atoms with Gasteiger partial charge >= 0.3 is 0 Å². The molecule has 1 fully saturated rings. The maximum absolute atomic E-state index is 12.9. The molecular formula is C46H85NO8. The maximum atomic E-state index is 12.9. The molecule has 1 rings (SSSR count). The molecule has 0 aromatic heterocycles. The van der Waals surface area contributed by atoms with Crippen LogP contribution in [0.3, 0.4) is 0 Å². The summed E-state index contributed by atoms with van der Waals surface area (Å²) in [6.45, 7) is 3.72. The van der Waals surface area contributed by atoms with Crippen LogP contribution in [0.15, 0.2) is 36.5 Å². The van der Waals surface area contributed by atoms with Crippen molar-refractivity contribution in [2.45, 2.75) is 236 Å². The topological polar surface area (TPSA) is 149 Å². The van der Waals surface area contributed by atoms with Gasteiger partial charge in [0, 0.05) is 6.42 Å². The van der Waals surface area contributed by atoms with Gasteiger partial charge in [-0.15, -0.1) is 0 Å². The number of hydrogen-bond donors (Lipinski definition) is 6. The van der Waals surface area contributed by atoms with Crippen LogP contribution in [-0.2, 0) is 14.3 Å². The number of nitrogens with one attached hydrogen (secondary N) is 1. The normalized spacial score (nSPS) is 21.6. The molecule has 9 nitrogen and oxygen atoms in total. The molecule has 7 unspecified atom stereocenters. The predicted octanol–water partition coefficient (Wildman–Crippen LogP) is 9.28. The highest BCUT2D eigenvalue weighted by atomic mass is 16.7. The van der Waals surface area contributed by atoms with E-state index in [9.17, 15) is 30.3 Å². The molecule has 1 heterocycles. The van der Waals surface area contributed by atoms with Crippen molar-refractivity contribution in [3.8, 4) is 0 Å². The minimum atomic E-state index is -1.56. The average Bonchev–Trinajstić information content (AvgIpc) is 3.18. The van der Waals surface area contributed by atoms with E-state index in [0.29, 0.717) is 6.42 Å². The van der Waals surface area contributed by atoms with Crippen molar-refractivity contribution in [3.63, 3.8) is 0 Å². The van der Waals surface area contributed by atoms with Crippen molar-refractivity contribution in [2.75, 3.05) is 13.2 Å². The monoisotopic (exact) mass is 780 g/mol. The highest BCUT2D eigenvalue weighted by Gasteiger charge is 2.44. The summed E-state index contributed by atoms with van der Waals surface area (Å²) >= 11 is 0. The third-order valence-corrected chi connectivity index (χ3v) is 10.7. The second-order valence-corrected chi connectivity index (χ2v) is 15.8. The lowest BCUT2D eigenvalue weighted by Crippen LogP contribution is -2.60. The van der Waals surface area contributed by atoms with Gasteiger partial charge in [0.2, 0.25) is 5.91 Å². The average molecular weight is 780 g/mol. The summed E-state index contributed by atoms with van der Waals surface area (Å²) in [4.78, 5) is 12.9. The van der Waals surface area contributed by atoms with Gasteiger partial charge in [0.1, 0.15) is 24.4 Å². The van der Waals surface area contributed by atoms with Crippen LogP contribution in [0.2, 0.25) is 0 Å². The lowest BCUT2D eigenvalue weighted by atomic mass is 9.99. The largest absolute Gasteiger partial charge is 0.394 e. The lowest BCUT2D eigenvalue weighted by molar-refractivity contribution is -0.302. The van der Waals surface area contributed by atoms with Gasteiger partial charge in [-0.25, -0.2) is 0 Å². The molecule has 9 heteroatoms. The summed E-state index contributed by atoms with van der Waals surface area (Å²) in [7, 11) is 0. The van der Waals surface area contributed by atoms with E-state index in [4.69, 9.17) is 9.47 Å². The number of aliphatic hydroxyl groups excluding tert-OH is 5. The van der Waals surface area contributed by atoms with E-state index in [2.05, 4.69) is 43.5 Å². The van der Waals surface area contributed by atoms with Gasteiger partial charge in [-0.2, -0.15) is 0 Å². The standard InChI is InChI=1S/C46H85NO8/c1-3-5-7-9-11-13-14-15-16-17-18-19-20-21-22-23-24-25-26-28-30-32-34-36-42(50)47-39(40(49)35-33-31-29-27-12-10-8-6-4-2)38-54-46-45(53)44(52)43(51)41(37-48)55-46/h14-15,17-18,33,35,39-41,43-46,48-49,51-53H,3-13,16,19-32,34,36-38H2,1-2H3,(H,47,50)/b15-14-,18-17-,35-33+. The number of aliphatic hydroxyl groups is 5. The number of unbranched alkanes of at least 4 members (excludes halogenated alkanes) is 23. The van der Waals surface area contributed by atoms with E-state index in [-0.39, 0.29) is 12.5 Å². The van der Waals surface area contributed by atoms with Crippen molar-refractivity contribution in [2.24, 2.45) is 0 Å². The Balaban J connectivity index is 2.25. The predicted molar refractivity (Wildman–Crippen MR) is 226 cm³/mol. The molecule has 1 saturated heterocycles. The van der Waals surface area contributed by atoms with Crippen molar-refractivity contribution >= 4 is 5.91 Å². The number of ether oxygens (including phenoxy) is 2. The lowest BCUT2D eigenvalue weighted by Gasteiger charge is -2.40. The van der Waals surface area contributed by atoms with Gasteiger partial charge in [-0.05, 0) is 51.4 Å². The minimum Gasteiger partial charge on any atom is -0.394 e. The van der Waals surface area contributed by atoms with E-state index in [1.807, 2.05) is 6.08 Å². The molecule has 322 valence electrons. The Morgan fingerprint density at radius 3 is 1.56 bits per heavy atom. The first-order valence-corrected chi connectivity index (χ1v) is 22.7. The zero-order valence-corrected chi connectivity index (χ0v) is 35.2.